The van der Waals surface area contributed by atoms with Crippen LogP contribution in [0.1, 0.15) is 23.2 Å². The Morgan fingerprint density at radius 1 is 1.37 bits per heavy atom. The van der Waals surface area contributed by atoms with Gasteiger partial charge in [-0.3, -0.25) is 4.98 Å². The smallest absolute Gasteiger partial charge is 0.338 e. The minimum Gasteiger partial charge on any atom is -0.487 e. The molecule has 1 unspecified atom stereocenters. The molecule has 0 aliphatic carbocycles. The predicted octanol–water partition coefficient (Wildman–Crippen LogP) is 2.80. The molecule has 2 aromatic rings. The summed E-state index contributed by atoms with van der Waals surface area (Å²) in [5.41, 5.74) is -0.690. The van der Waals surface area contributed by atoms with Crippen molar-refractivity contribution in [3.05, 3.63) is 53.1 Å². The standard InChI is InChI=1S/C17H16ClFN2O5S/c18-14-9-20-6-5-16(14)26-11-2-1-7-21(10-11)27(24,25)12-3-4-15(19)13(8-12)17(22)23/h3-6,8-9,11H,1-2,7,10H2,(H,22,23). The predicted molar refractivity (Wildman–Crippen MR) is 95.0 cm³/mol. The number of rotatable bonds is 5. The number of aromatic carboxylic acids is 1. The van der Waals surface area contributed by atoms with Crippen molar-refractivity contribution in [1.82, 2.24) is 9.29 Å². The molecule has 1 saturated heterocycles. The molecule has 1 aromatic heterocycles. The average molecular weight is 415 g/mol. The summed E-state index contributed by atoms with van der Waals surface area (Å²) in [4.78, 5) is 14.7. The lowest BCUT2D eigenvalue weighted by molar-refractivity contribution is 0.0691. The number of ether oxygens (including phenoxy) is 1. The number of benzene rings is 1. The fourth-order valence-electron chi connectivity index (χ4n) is 2.83. The maximum atomic E-state index is 13.6. The summed E-state index contributed by atoms with van der Waals surface area (Å²) < 4.78 is 46.3. The van der Waals surface area contributed by atoms with E-state index in [9.17, 15) is 17.6 Å². The Labute approximate surface area is 160 Å². The number of halogens is 2. The minimum absolute atomic E-state index is 0.0702. The number of hydrogen-bond donors (Lipinski definition) is 1. The molecule has 1 aliphatic rings. The molecule has 1 aromatic carbocycles. The summed E-state index contributed by atoms with van der Waals surface area (Å²) >= 11 is 6.02. The third kappa shape index (κ3) is 4.20. The van der Waals surface area contributed by atoms with Crippen molar-refractivity contribution >= 4 is 27.6 Å². The molecule has 0 radical (unpaired) electrons. The molecule has 1 N–H and O–H groups in total. The third-order valence-electron chi connectivity index (χ3n) is 4.18. The van der Waals surface area contributed by atoms with Crippen molar-refractivity contribution in [2.45, 2.75) is 23.8 Å². The summed E-state index contributed by atoms with van der Waals surface area (Å²) in [5.74, 6) is -2.11. The van der Waals surface area contributed by atoms with Crippen LogP contribution >= 0.6 is 11.6 Å². The highest BCUT2D eigenvalue weighted by molar-refractivity contribution is 7.89. The van der Waals surface area contributed by atoms with Crippen molar-refractivity contribution in [1.29, 1.82) is 0 Å². The Balaban J connectivity index is 1.82. The Hall–Kier alpha value is -2.23. The van der Waals surface area contributed by atoms with Gasteiger partial charge in [-0.05, 0) is 31.0 Å². The van der Waals surface area contributed by atoms with E-state index in [-0.39, 0.29) is 18.0 Å². The lowest BCUT2D eigenvalue weighted by Gasteiger charge is -2.32. The summed E-state index contributed by atoms with van der Waals surface area (Å²) in [6.07, 6.45) is 3.71. The zero-order valence-electron chi connectivity index (χ0n) is 14.0. The molecule has 0 bridgehead atoms. The van der Waals surface area contributed by atoms with E-state index < -0.39 is 33.5 Å². The second-order valence-corrected chi connectivity index (χ2v) is 8.34. The van der Waals surface area contributed by atoms with Gasteiger partial charge in [0.25, 0.3) is 0 Å². The van der Waals surface area contributed by atoms with Gasteiger partial charge in [0.2, 0.25) is 10.0 Å². The van der Waals surface area contributed by atoms with E-state index in [2.05, 4.69) is 4.98 Å². The molecule has 1 atom stereocenters. The number of piperidine rings is 1. The Morgan fingerprint density at radius 2 is 2.15 bits per heavy atom. The van der Waals surface area contributed by atoms with Crippen LogP contribution in [0.3, 0.4) is 0 Å². The van der Waals surface area contributed by atoms with Crippen LogP contribution < -0.4 is 4.74 Å². The summed E-state index contributed by atoms with van der Waals surface area (Å²) in [5, 5.41) is 9.33. The molecule has 7 nitrogen and oxygen atoms in total. The first-order valence-electron chi connectivity index (χ1n) is 8.08. The average Bonchev–Trinajstić information content (AvgIpc) is 2.64. The molecule has 1 aliphatic heterocycles. The molecule has 144 valence electrons. The van der Waals surface area contributed by atoms with Gasteiger partial charge in [-0.15, -0.1) is 0 Å². The van der Waals surface area contributed by atoms with E-state index in [1.165, 1.54) is 16.7 Å². The highest BCUT2D eigenvalue weighted by Gasteiger charge is 2.32. The number of pyridine rings is 1. The normalized spacial score (nSPS) is 18.2. The van der Waals surface area contributed by atoms with Gasteiger partial charge in [0.15, 0.2) is 0 Å². The van der Waals surface area contributed by atoms with Gasteiger partial charge in [-0.1, -0.05) is 11.6 Å². The number of carboxylic acid groups (broad SMARTS) is 1. The molecule has 0 saturated carbocycles. The van der Waals surface area contributed by atoms with Crippen LogP contribution in [0.4, 0.5) is 4.39 Å². The summed E-state index contributed by atoms with van der Waals surface area (Å²) in [6.45, 7) is 0.326. The van der Waals surface area contributed by atoms with Gasteiger partial charge in [-0.25, -0.2) is 17.6 Å². The van der Waals surface area contributed by atoms with E-state index >= 15 is 0 Å². The van der Waals surface area contributed by atoms with Crippen molar-refractivity contribution in [2.24, 2.45) is 0 Å². The minimum atomic E-state index is -3.99. The van der Waals surface area contributed by atoms with Crippen molar-refractivity contribution in [3.8, 4) is 5.75 Å². The number of hydrogen-bond acceptors (Lipinski definition) is 5. The highest BCUT2D eigenvalue weighted by Crippen LogP contribution is 2.28. The molecule has 2 heterocycles. The molecule has 0 amide bonds. The number of aromatic nitrogens is 1. The largest absolute Gasteiger partial charge is 0.487 e. The van der Waals surface area contributed by atoms with E-state index in [1.54, 1.807) is 6.07 Å². The Morgan fingerprint density at radius 3 is 2.85 bits per heavy atom. The van der Waals surface area contributed by atoms with Gasteiger partial charge in [0.1, 0.15) is 22.7 Å². The fourth-order valence-corrected chi connectivity index (χ4v) is 4.54. The van der Waals surface area contributed by atoms with E-state index in [4.69, 9.17) is 21.4 Å². The van der Waals surface area contributed by atoms with Crippen LogP contribution in [-0.4, -0.2) is 48.0 Å². The van der Waals surface area contributed by atoms with Crippen LogP contribution in [0.2, 0.25) is 5.02 Å². The van der Waals surface area contributed by atoms with E-state index in [0.29, 0.717) is 23.6 Å². The summed E-state index contributed by atoms with van der Waals surface area (Å²) in [7, 11) is -3.99. The molecule has 3 rings (SSSR count). The van der Waals surface area contributed by atoms with Crippen LogP contribution in [0, 0.1) is 5.82 Å². The fraction of sp³-hybridized carbons (Fsp3) is 0.294. The van der Waals surface area contributed by atoms with Crippen molar-refractivity contribution in [2.75, 3.05) is 13.1 Å². The van der Waals surface area contributed by atoms with Crippen LogP contribution in [0.25, 0.3) is 0 Å². The van der Waals surface area contributed by atoms with Crippen molar-refractivity contribution in [3.63, 3.8) is 0 Å². The second kappa shape index (κ2) is 7.79. The number of carboxylic acids is 1. The molecular weight excluding hydrogens is 399 g/mol. The van der Waals surface area contributed by atoms with Gasteiger partial charge >= 0.3 is 5.97 Å². The summed E-state index contributed by atoms with van der Waals surface area (Å²) in [6, 6.07) is 4.32. The first-order valence-corrected chi connectivity index (χ1v) is 9.90. The monoisotopic (exact) mass is 414 g/mol. The topological polar surface area (TPSA) is 96.8 Å². The van der Waals surface area contributed by atoms with E-state index in [0.717, 1.165) is 18.2 Å². The molecular formula is C17H16ClFN2O5S. The van der Waals surface area contributed by atoms with Crippen molar-refractivity contribution < 1.29 is 27.4 Å². The third-order valence-corrected chi connectivity index (χ3v) is 6.32. The van der Waals surface area contributed by atoms with Crippen LogP contribution in [0.5, 0.6) is 5.75 Å². The van der Waals surface area contributed by atoms with Gasteiger partial charge in [0.05, 0.1) is 17.0 Å². The Bertz CT molecular complexity index is 970. The van der Waals surface area contributed by atoms with Gasteiger partial charge < -0.3 is 9.84 Å². The molecule has 27 heavy (non-hydrogen) atoms. The first-order chi connectivity index (χ1) is 12.8. The number of sulfonamides is 1. The highest BCUT2D eigenvalue weighted by atomic mass is 35.5. The van der Waals surface area contributed by atoms with Crippen LogP contribution in [0.15, 0.2) is 41.6 Å². The van der Waals surface area contributed by atoms with Gasteiger partial charge in [0, 0.05) is 25.0 Å². The van der Waals surface area contributed by atoms with Gasteiger partial charge in [-0.2, -0.15) is 4.31 Å². The molecule has 1 fully saturated rings. The molecule has 0 spiro atoms. The Kier molecular flexibility index (Phi) is 5.64. The SMILES string of the molecule is O=C(O)c1cc(S(=O)(=O)N2CCCC(Oc3ccncc3Cl)C2)ccc1F. The first kappa shape index (κ1) is 19.5. The number of carbonyl (C=O) groups is 1. The number of nitrogens with zero attached hydrogens (tertiary/aromatic N) is 2. The zero-order valence-corrected chi connectivity index (χ0v) is 15.6. The quantitative estimate of drug-likeness (QED) is 0.808. The lowest BCUT2D eigenvalue weighted by atomic mass is 10.1. The second-order valence-electron chi connectivity index (χ2n) is 6.00. The molecule has 10 heteroatoms. The zero-order chi connectivity index (χ0) is 19.6. The maximum absolute atomic E-state index is 13.6. The van der Waals surface area contributed by atoms with E-state index in [1.807, 2.05) is 0 Å². The van der Waals surface area contributed by atoms with Crippen LogP contribution in [-0.2, 0) is 10.0 Å². The lowest BCUT2D eigenvalue weighted by Crippen LogP contribution is -2.44. The maximum Gasteiger partial charge on any atom is 0.338 e.